The minimum atomic E-state index is -0.621. The van der Waals surface area contributed by atoms with Crippen molar-refractivity contribution in [3.63, 3.8) is 0 Å². The van der Waals surface area contributed by atoms with E-state index < -0.39 is 23.6 Å². The average molecular weight is 362 g/mol. The Labute approximate surface area is 154 Å². The van der Waals surface area contributed by atoms with Gasteiger partial charge in [-0.3, -0.25) is 4.79 Å². The first-order chi connectivity index (χ1) is 13.2. The Morgan fingerprint density at radius 3 is 2.11 bits per heavy atom. The largest absolute Gasteiger partial charge is 0.353 e. The molecule has 0 N–H and O–H groups in total. The van der Waals surface area contributed by atoms with E-state index in [-0.39, 0.29) is 5.91 Å². The van der Waals surface area contributed by atoms with E-state index in [0.717, 1.165) is 10.1 Å². The molecule has 1 fully saturated rings. The lowest BCUT2D eigenvalue weighted by Gasteiger charge is -2.45. The van der Waals surface area contributed by atoms with Gasteiger partial charge >= 0.3 is 11.4 Å². The summed E-state index contributed by atoms with van der Waals surface area (Å²) < 4.78 is 3.98. The molecule has 0 saturated carbocycles. The van der Waals surface area contributed by atoms with E-state index in [0.29, 0.717) is 25.1 Å². The van der Waals surface area contributed by atoms with Crippen LogP contribution in [0.4, 0.5) is 0 Å². The molecule has 2 unspecified atom stereocenters. The van der Waals surface area contributed by atoms with Crippen molar-refractivity contribution in [3.05, 3.63) is 87.2 Å². The predicted octanol–water partition coefficient (Wildman–Crippen LogP) is 1.68. The summed E-state index contributed by atoms with van der Waals surface area (Å²) in [6.07, 6.45) is 0.807. The van der Waals surface area contributed by atoms with Crippen LogP contribution in [0.5, 0.6) is 0 Å². The highest BCUT2D eigenvalue weighted by Gasteiger charge is 2.47. The summed E-state index contributed by atoms with van der Waals surface area (Å²) in [4.78, 5) is 40.8. The van der Waals surface area contributed by atoms with E-state index in [1.807, 2.05) is 36.4 Å². The van der Waals surface area contributed by atoms with Crippen LogP contribution in [0.2, 0.25) is 0 Å². The third-order valence-corrected chi connectivity index (χ3v) is 5.42. The fourth-order valence-corrected chi connectivity index (χ4v) is 4.19. The molecular weight excluding hydrogens is 344 g/mol. The van der Waals surface area contributed by atoms with Crippen molar-refractivity contribution in [3.8, 4) is 5.69 Å². The molecule has 1 aromatic heterocycles. The second-order valence-electron chi connectivity index (χ2n) is 6.95. The highest BCUT2D eigenvalue weighted by Crippen LogP contribution is 2.37. The maximum atomic E-state index is 13.1. The number of carbonyl (C=O) groups is 1. The van der Waals surface area contributed by atoms with Gasteiger partial charge in [0, 0.05) is 6.54 Å². The SMILES string of the molecule is O=C1C2CCC(N1Cc1ccccc1)n1c(=O)n(-c3ccccc3)c(=O)n12. The molecule has 0 aliphatic carbocycles. The van der Waals surface area contributed by atoms with Crippen molar-refractivity contribution in [2.45, 2.75) is 31.6 Å². The highest BCUT2D eigenvalue weighted by atomic mass is 16.2. The molecular formula is C20H18N4O3. The maximum absolute atomic E-state index is 13.1. The molecule has 27 heavy (non-hydrogen) atoms. The molecule has 2 atom stereocenters. The number of hydrogen-bond acceptors (Lipinski definition) is 3. The number of rotatable bonds is 3. The van der Waals surface area contributed by atoms with Gasteiger partial charge in [0.25, 0.3) is 0 Å². The second-order valence-corrected chi connectivity index (χ2v) is 6.95. The molecule has 3 aromatic rings. The lowest BCUT2D eigenvalue weighted by Crippen LogP contribution is -2.56. The van der Waals surface area contributed by atoms with Crippen molar-refractivity contribution in [2.75, 3.05) is 0 Å². The Morgan fingerprint density at radius 1 is 0.778 bits per heavy atom. The number of piperidine rings is 1. The number of benzene rings is 2. The third kappa shape index (κ3) is 2.24. The van der Waals surface area contributed by atoms with Gasteiger partial charge in [0.05, 0.1) is 5.69 Å². The van der Waals surface area contributed by atoms with Crippen LogP contribution in [-0.4, -0.2) is 24.7 Å². The minimum Gasteiger partial charge on any atom is -0.314 e. The molecule has 1 saturated heterocycles. The van der Waals surface area contributed by atoms with E-state index in [2.05, 4.69) is 0 Å². The van der Waals surface area contributed by atoms with Crippen LogP contribution in [0, 0.1) is 0 Å². The smallest absolute Gasteiger partial charge is 0.314 e. The average Bonchev–Trinajstić information content (AvgIpc) is 2.98. The van der Waals surface area contributed by atoms with Crippen LogP contribution >= 0.6 is 0 Å². The number of aromatic nitrogens is 3. The van der Waals surface area contributed by atoms with Gasteiger partial charge in [-0.1, -0.05) is 48.5 Å². The van der Waals surface area contributed by atoms with Gasteiger partial charge in [-0.05, 0) is 30.5 Å². The molecule has 3 aliphatic heterocycles. The Morgan fingerprint density at radius 2 is 1.41 bits per heavy atom. The monoisotopic (exact) mass is 362 g/mol. The molecule has 2 bridgehead atoms. The quantitative estimate of drug-likeness (QED) is 0.712. The van der Waals surface area contributed by atoms with Crippen LogP contribution < -0.4 is 11.4 Å². The van der Waals surface area contributed by atoms with Crippen LogP contribution in [0.1, 0.15) is 30.6 Å². The summed E-state index contributed by atoms with van der Waals surface area (Å²) in [5, 5.41) is 0. The number of amides is 1. The Hall–Kier alpha value is -3.35. The molecule has 4 heterocycles. The summed E-state index contributed by atoms with van der Waals surface area (Å²) in [6.45, 7) is 0.429. The van der Waals surface area contributed by atoms with E-state index in [9.17, 15) is 14.4 Å². The van der Waals surface area contributed by atoms with E-state index in [1.165, 1.54) is 9.36 Å². The maximum Gasteiger partial charge on any atom is 0.353 e. The standard InChI is InChI=1S/C20H18N4O3/c25-18-16-11-12-17(21(18)13-14-7-3-1-4-8-14)24-20(27)22(19(26)23(16)24)15-9-5-2-6-10-15/h1-10,16-17H,11-13H2. The molecule has 7 nitrogen and oxygen atoms in total. The van der Waals surface area contributed by atoms with Crippen LogP contribution in [0.15, 0.2) is 70.3 Å². The van der Waals surface area contributed by atoms with Gasteiger partial charge in [-0.25, -0.2) is 23.5 Å². The second kappa shape index (κ2) is 5.84. The Bertz CT molecular complexity index is 1130. The van der Waals surface area contributed by atoms with Crippen molar-refractivity contribution in [2.24, 2.45) is 0 Å². The number of para-hydroxylation sites is 1. The van der Waals surface area contributed by atoms with Crippen LogP contribution in [0.3, 0.4) is 0 Å². The van der Waals surface area contributed by atoms with Crippen molar-refractivity contribution in [1.29, 1.82) is 0 Å². The van der Waals surface area contributed by atoms with E-state index in [1.54, 1.807) is 29.2 Å². The van der Waals surface area contributed by atoms with E-state index >= 15 is 0 Å². The molecule has 3 aliphatic rings. The fraction of sp³-hybridized carbons (Fsp3) is 0.250. The molecule has 136 valence electrons. The lowest BCUT2D eigenvalue weighted by molar-refractivity contribution is -0.153. The van der Waals surface area contributed by atoms with Gasteiger partial charge in [0.1, 0.15) is 12.2 Å². The first kappa shape index (κ1) is 15.9. The first-order valence-electron chi connectivity index (χ1n) is 9.02. The normalized spacial score (nSPS) is 20.7. The number of nitrogens with zero attached hydrogens (tertiary/aromatic N) is 4. The van der Waals surface area contributed by atoms with Crippen LogP contribution in [0.25, 0.3) is 5.69 Å². The van der Waals surface area contributed by atoms with Gasteiger partial charge in [0.15, 0.2) is 0 Å². The topological polar surface area (TPSA) is 69.2 Å². The lowest BCUT2D eigenvalue weighted by atomic mass is 9.99. The van der Waals surface area contributed by atoms with Gasteiger partial charge in [-0.15, -0.1) is 0 Å². The van der Waals surface area contributed by atoms with Crippen molar-refractivity contribution >= 4 is 5.91 Å². The summed E-state index contributed by atoms with van der Waals surface area (Å²) in [5.41, 5.74) is 0.672. The zero-order chi connectivity index (χ0) is 18.5. The number of fused-ring (bicyclic) bond motifs is 2. The summed E-state index contributed by atoms with van der Waals surface area (Å²) in [6, 6.07) is 17.9. The molecule has 7 heteroatoms. The predicted molar refractivity (Wildman–Crippen MR) is 98.6 cm³/mol. The number of carbonyl (C=O) groups excluding carboxylic acids is 1. The van der Waals surface area contributed by atoms with Gasteiger partial charge in [-0.2, -0.15) is 0 Å². The summed E-state index contributed by atoms with van der Waals surface area (Å²) in [5.74, 6) is -0.0950. The highest BCUT2D eigenvalue weighted by molar-refractivity contribution is 5.82. The Balaban J connectivity index is 1.65. The molecule has 6 rings (SSSR count). The molecule has 2 aromatic carbocycles. The summed E-state index contributed by atoms with van der Waals surface area (Å²) >= 11 is 0. The van der Waals surface area contributed by atoms with Gasteiger partial charge in [0.2, 0.25) is 5.91 Å². The van der Waals surface area contributed by atoms with Crippen molar-refractivity contribution < 1.29 is 4.79 Å². The van der Waals surface area contributed by atoms with Crippen LogP contribution in [-0.2, 0) is 11.3 Å². The first-order valence-corrected chi connectivity index (χ1v) is 9.02. The van der Waals surface area contributed by atoms with Crippen molar-refractivity contribution in [1.82, 2.24) is 18.8 Å². The van der Waals surface area contributed by atoms with E-state index in [4.69, 9.17) is 0 Å². The Kier molecular flexibility index (Phi) is 3.43. The molecule has 0 radical (unpaired) electrons. The third-order valence-electron chi connectivity index (χ3n) is 5.42. The number of hydrogen-bond donors (Lipinski definition) is 0. The molecule has 0 spiro atoms. The minimum absolute atomic E-state index is 0.0950. The fourth-order valence-electron chi connectivity index (χ4n) is 4.19. The summed E-state index contributed by atoms with van der Waals surface area (Å²) in [7, 11) is 0. The molecule has 1 amide bonds. The zero-order valence-corrected chi connectivity index (χ0v) is 14.6. The zero-order valence-electron chi connectivity index (χ0n) is 14.6. The van der Waals surface area contributed by atoms with Gasteiger partial charge < -0.3 is 4.90 Å².